The number of Topliss-reactive ketones (excluding diaryl/α,β-unsaturated/α-hetero) is 1. The highest BCUT2D eigenvalue weighted by Crippen LogP contribution is 2.27. The van der Waals surface area contributed by atoms with Crippen LogP contribution in [-0.4, -0.2) is 5.78 Å². The van der Waals surface area contributed by atoms with Gasteiger partial charge < -0.3 is 0 Å². The van der Waals surface area contributed by atoms with Gasteiger partial charge in [0.25, 0.3) is 0 Å². The van der Waals surface area contributed by atoms with Crippen LogP contribution < -0.4 is 0 Å². The molecule has 1 aromatic rings. The summed E-state index contributed by atoms with van der Waals surface area (Å²) < 4.78 is 0. The Morgan fingerprint density at radius 3 is 2.69 bits per heavy atom. The number of hydrogen-bond donors (Lipinski definition) is 0. The zero-order chi connectivity index (χ0) is 11.4. The molecule has 1 saturated carbocycles. The van der Waals surface area contributed by atoms with E-state index in [1.165, 1.54) is 37.7 Å². The zero-order valence-electron chi connectivity index (χ0n) is 10.0. The lowest BCUT2D eigenvalue weighted by atomic mass is 9.84. The first-order valence-corrected chi connectivity index (χ1v) is 6.35. The molecule has 0 aromatic heterocycles. The van der Waals surface area contributed by atoms with Gasteiger partial charge in [-0.1, -0.05) is 50.3 Å². The molecule has 0 atom stereocenters. The second-order valence-electron chi connectivity index (χ2n) is 4.96. The Labute approximate surface area is 97.9 Å². The normalized spacial score (nSPS) is 17.3. The SMILES string of the molecule is CC(=O)c1cccc(CC2CCCCC2)c1. The maximum Gasteiger partial charge on any atom is 0.159 e. The van der Waals surface area contributed by atoms with E-state index < -0.39 is 0 Å². The molecule has 0 saturated heterocycles. The van der Waals surface area contributed by atoms with Gasteiger partial charge in [0.15, 0.2) is 5.78 Å². The van der Waals surface area contributed by atoms with E-state index in [9.17, 15) is 4.79 Å². The maximum absolute atomic E-state index is 11.3. The summed E-state index contributed by atoms with van der Waals surface area (Å²) in [4.78, 5) is 11.3. The van der Waals surface area contributed by atoms with Crippen molar-refractivity contribution < 1.29 is 4.79 Å². The van der Waals surface area contributed by atoms with Gasteiger partial charge in [-0.2, -0.15) is 0 Å². The third kappa shape index (κ3) is 2.94. The molecule has 1 aromatic carbocycles. The molecule has 0 spiro atoms. The molecule has 1 heteroatoms. The summed E-state index contributed by atoms with van der Waals surface area (Å²) in [7, 11) is 0. The van der Waals surface area contributed by atoms with Crippen LogP contribution in [0.25, 0.3) is 0 Å². The summed E-state index contributed by atoms with van der Waals surface area (Å²) in [6.07, 6.45) is 8.06. The lowest BCUT2D eigenvalue weighted by Gasteiger charge is -2.21. The van der Waals surface area contributed by atoms with E-state index in [1.807, 2.05) is 12.1 Å². The summed E-state index contributed by atoms with van der Waals surface area (Å²) in [5, 5.41) is 0. The minimum Gasteiger partial charge on any atom is -0.295 e. The molecule has 0 heterocycles. The molecule has 0 radical (unpaired) electrons. The highest BCUT2D eigenvalue weighted by atomic mass is 16.1. The molecule has 0 amide bonds. The van der Waals surface area contributed by atoms with Crippen LogP contribution in [0.4, 0.5) is 0 Å². The van der Waals surface area contributed by atoms with Crippen molar-refractivity contribution in [1.29, 1.82) is 0 Å². The number of carbonyl (C=O) groups excluding carboxylic acids is 1. The standard InChI is InChI=1S/C15H20O/c1-12(16)15-9-5-8-14(11-15)10-13-6-3-2-4-7-13/h5,8-9,11,13H,2-4,6-7,10H2,1H3. The quantitative estimate of drug-likeness (QED) is 0.698. The molecule has 16 heavy (non-hydrogen) atoms. The lowest BCUT2D eigenvalue weighted by Crippen LogP contribution is -2.09. The molecule has 0 unspecified atom stereocenters. The van der Waals surface area contributed by atoms with Gasteiger partial charge in [0, 0.05) is 5.56 Å². The van der Waals surface area contributed by atoms with E-state index in [0.29, 0.717) is 0 Å². The Hall–Kier alpha value is -1.11. The minimum absolute atomic E-state index is 0.172. The number of carbonyl (C=O) groups is 1. The predicted octanol–water partition coefficient (Wildman–Crippen LogP) is 4.01. The Morgan fingerprint density at radius 2 is 2.00 bits per heavy atom. The first-order chi connectivity index (χ1) is 7.75. The smallest absolute Gasteiger partial charge is 0.159 e. The maximum atomic E-state index is 11.3. The van der Waals surface area contributed by atoms with E-state index in [0.717, 1.165) is 17.9 Å². The van der Waals surface area contributed by atoms with Gasteiger partial charge in [0.1, 0.15) is 0 Å². The molecule has 1 aliphatic rings. The molecule has 1 aliphatic carbocycles. The van der Waals surface area contributed by atoms with Crippen molar-refractivity contribution in [3.8, 4) is 0 Å². The van der Waals surface area contributed by atoms with Gasteiger partial charge in [-0.25, -0.2) is 0 Å². The Bertz CT molecular complexity index is 361. The summed E-state index contributed by atoms with van der Waals surface area (Å²) in [6, 6.07) is 8.14. The number of ketones is 1. The van der Waals surface area contributed by atoms with Crippen LogP contribution in [0.5, 0.6) is 0 Å². The third-order valence-electron chi connectivity index (χ3n) is 3.58. The largest absolute Gasteiger partial charge is 0.295 e. The summed E-state index contributed by atoms with van der Waals surface area (Å²) in [5.74, 6) is 1.02. The van der Waals surface area contributed by atoms with Crippen molar-refractivity contribution in [2.24, 2.45) is 5.92 Å². The average Bonchev–Trinajstić information content (AvgIpc) is 2.30. The molecule has 0 N–H and O–H groups in total. The van der Waals surface area contributed by atoms with E-state index in [1.54, 1.807) is 6.92 Å². The number of rotatable bonds is 3. The van der Waals surface area contributed by atoms with Crippen LogP contribution in [0.1, 0.15) is 54.9 Å². The van der Waals surface area contributed by atoms with Crippen LogP contribution in [0.15, 0.2) is 24.3 Å². The van der Waals surface area contributed by atoms with Gasteiger partial charge in [-0.05, 0) is 30.9 Å². The average molecular weight is 216 g/mol. The summed E-state index contributed by atoms with van der Waals surface area (Å²) >= 11 is 0. The van der Waals surface area contributed by atoms with Gasteiger partial charge >= 0.3 is 0 Å². The van der Waals surface area contributed by atoms with Gasteiger partial charge in [-0.15, -0.1) is 0 Å². The fraction of sp³-hybridized carbons (Fsp3) is 0.533. The van der Waals surface area contributed by atoms with Crippen LogP contribution >= 0.6 is 0 Å². The highest BCUT2D eigenvalue weighted by Gasteiger charge is 2.14. The van der Waals surface area contributed by atoms with E-state index >= 15 is 0 Å². The third-order valence-corrected chi connectivity index (χ3v) is 3.58. The molecule has 2 rings (SSSR count). The Morgan fingerprint density at radius 1 is 1.25 bits per heavy atom. The minimum atomic E-state index is 0.172. The van der Waals surface area contributed by atoms with Crippen LogP contribution in [0, 0.1) is 5.92 Å². The first kappa shape index (κ1) is 11.4. The van der Waals surface area contributed by atoms with Gasteiger partial charge in [0.2, 0.25) is 0 Å². The number of hydrogen-bond acceptors (Lipinski definition) is 1. The molecule has 86 valence electrons. The second-order valence-corrected chi connectivity index (χ2v) is 4.96. The van der Waals surface area contributed by atoms with E-state index in [-0.39, 0.29) is 5.78 Å². The van der Waals surface area contributed by atoms with Crippen LogP contribution in [0.3, 0.4) is 0 Å². The van der Waals surface area contributed by atoms with Crippen LogP contribution in [-0.2, 0) is 6.42 Å². The fourth-order valence-corrected chi connectivity index (χ4v) is 2.64. The summed E-state index contributed by atoms with van der Waals surface area (Å²) in [6.45, 7) is 1.64. The van der Waals surface area contributed by atoms with Crippen LogP contribution in [0.2, 0.25) is 0 Å². The molecular formula is C15H20O. The molecule has 1 fully saturated rings. The molecule has 1 nitrogen and oxygen atoms in total. The van der Waals surface area contributed by atoms with E-state index in [4.69, 9.17) is 0 Å². The molecule has 0 bridgehead atoms. The summed E-state index contributed by atoms with van der Waals surface area (Å²) in [5.41, 5.74) is 2.19. The van der Waals surface area contributed by atoms with Crippen molar-refractivity contribution in [3.63, 3.8) is 0 Å². The first-order valence-electron chi connectivity index (χ1n) is 6.35. The highest BCUT2D eigenvalue weighted by molar-refractivity contribution is 5.94. The molecular weight excluding hydrogens is 196 g/mol. The van der Waals surface area contributed by atoms with Crippen molar-refractivity contribution in [3.05, 3.63) is 35.4 Å². The van der Waals surface area contributed by atoms with Crippen molar-refractivity contribution in [2.75, 3.05) is 0 Å². The second kappa shape index (κ2) is 5.29. The van der Waals surface area contributed by atoms with Crippen molar-refractivity contribution in [1.82, 2.24) is 0 Å². The fourth-order valence-electron chi connectivity index (χ4n) is 2.64. The topological polar surface area (TPSA) is 17.1 Å². The Balaban J connectivity index is 2.02. The van der Waals surface area contributed by atoms with Gasteiger partial charge in [-0.3, -0.25) is 4.79 Å². The van der Waals surface area contributed by atoms with Crippen molar-refractivity contribution in [2.45, 2.75) is 45.4 Å². The Kier molecular flexibility index (Phi) is 3.76. The van der Waals surface area contributed by atoms with Crippen molar-refractivity contribution >= 4 is 5.78 Å². The number of benzene rings is 1. The zero-order valence-corrected chi connectivity index (χ0v) is 10.0. The van der Waals surface area contributed by atoms with Gasteiger partial charge in [0.05, 0.1) is 0 Å². The lowest BCUT2D eigenvalue weighted by molar-refractivity contribution is 0.101. The molecule has 0 aliphatic heterocycles. The monoisotopic (exact) mass is 216 g/mol. The predicted molar refractivity (Wildman–Crippen MR) is 66.7 cm³/mol. The van der Waals surface area contributed by atoms with E-state index in [2.05, 4.69) is 12.1 Å².